The highest BCUT2D eigenvalue weighted by molar-refractivity contribution is 5.94. The molecule has 1 saturated heterocycles. The molecule has 4 nitrogen and oxygen atoms in total. The van der Waals surface area contributed by atoms with Crippen LogP contribution in [0.25, 0.3) is 0 Å². The molecule has 0 spiro atoms. The van der Waals surface area contributed by atoms with Gasteiger partial charge in [0.05, 0.1) is 0 Å². The van der Waals surface area contributed by atoms with E-state index in [-0.39, 0.29) is 5.91 Å². The van der Waals surface area contributed by atoms with Gasteiger partial charge >= 0.3 is 0 Å². The zero-order valence-corrected chi connectivity index (χ0v) is 13.8. The Hall–Kier alpha value is -1.55. The number of allylic oxidation sites excluding steroid dienone is 3. The van der Waals surface area contributed by atoms with Gasteiger partial charge in [-0.2, -0.15) is 0 Å². The zero-order chi connectivity index (χ0) is 15.8. The van der Waals surface area contributed by atoms with E-state index in [9.17, 15) is 4.79 Å². The van der Waals surface area contributed by atoms with Crippen LogP contribution in [-0.4, -0.2) is 37.5 Å². The summed E-state index contributed by atoms with van der Waals surface area (Å²) in [7, 11) is 2.01. The van der Waals surface area contributed by atoms with Crippen LogP contribution in [0.4, 0.5) is 0 Å². The number of carbonyl (C=O) groups excluding carboxylic acids is 1. The molecule has 1 rings (SSSR count). The van der Waals surface area contributed by atoms with Crippen LogP contribution in [0.3, 0.4) is 0 Å². The largest absolute Gasteiger partial charge is 0.372 e. The molecular formula is C17H29N3O. The first kappa shape index (κ1) is 17.5. The molecule has 118 valence electrons. The second kappa shape index (κ2) is 8.67. The summed E-state index contributed by atoms with van der Waals surface area (Å²) in [5.74, 6) is 0.389. The van der Waals surface area contributed by atoms with Crippen molar-refractivity contribution < 1.29 is 4.79 Å². The van der Waals surface area contributed by atoms with Gasteiger partial charge in [-0.15, -0.1) is 0 Å². The Labute approximate surface area is 128 Å². The third kappa shape index (κ3) is 5.38. The molecule has 4 heteroatoms. The van der Waals surface area contributed by atoms with Gasteiger partial charge in [0.25, 0.3) is 0 Å². The predicted octanol–water partition coefficient (Wildman–Crippen LogP) is 2.20. The maximum absolute atomic E-state index is 11.3. The minimum Gasteiger partial charge on any atom is -0.372 e. The van der Waals surface area contributed by atoms with Gasteiger partial charge in [0.1, 0.15) is 0 Å². The van der Waals surface area contributed by atoms with Gasteiger partial charge in [-0.1, -0.05) is 11.6 Å². The van der Waals surface area contributed by atoms with Crippen molar-refractivity contribution in [2.45, 2.75) is 33.6 Å². The zero-order valence-electron chi connectivity index (χ0n) is 13.8. The minimum absolute atomic E-state index is 0.380. The first-order valence-corrected chi connectivity index (χ1v) is 7.70. The van der Waals surface area contributed by atoms with E-state index in [4.69, 9.17) is 5.73 Å². The first-order valence-electron chi connectivity index (χ1n) is 7.70. The van der Waals surface area contributed by atoms with Gasteiger partial charge in [-0.25, -0.2) is 0 Å². The highest BCUT2D eigenvalue weighted by Crippen LogP contribution is 2.22. The summed E-state index contributed by atoms with van der Waals surface area (Å²) in [5.41, 5.74) is 8.37. The van der Waals surface area contributed by atoms with Gasteiger partial charge in [0.15, 0.2) is 0 Å². The lowest BCUT2D eigenvalue weighted by atomic mass is 9.96. The molecule has 1 heterocycles. The smallest absolute Gasteiger partial charge is 0.248 e. The Morgan fingerprint density at radius 2 is 1.90 bits per heavy atom. The van der Waals surface area contributed by atoms with Gasteiger partial charge in [0, 0.05) is 24.4 Å². The van der Waals surface area contributed by atoms with Crippen LogP contribution in [0.1, 0.15) is 33.6 Å². The number of primary amides is 1. The summed E-state index contributed by atoms with van der Waals surface area (Å²) in [6, 6.07) is 0. The Balaban J connectivity index is 2.75. The summed E-state index contributed by atoms with van der Waals surface area (Å²) in [4.78, 5) is 13.7. The molecule has 0 atom stereocenters. The fourth-order valence-corrected chi connectivity index (χ4v) is 2.74. The SMILES string of the molecule is C/C=C(\C=C/C(=C(C)C)N1CCC(CNC)CC1)C(N)=O. The average molecular weight is 291 g/mol. The third-order valence-corrected chi connectivity index (χ3v) is 3.98. The fraction of sp³-hybridized carbons (Fsp3) is 0.588. The molecule has 0 bridgehead atoms. The number of piperidine rings is 1. The molecule has 1 aliphatic heterocycles. The van der Waals surface area contributed by atoms with E-state index in [2.05, 4.69) is 24.1 Å². The quantitative estimate of drug-likeness (QED) is 0.582. The molecule has 1 fully saturated rings. The average Bonchev–Trinajstić information content (AvgIpc) is 2.44. The number of nitrogens with zero attached hydrogens (tertiary/aromatic N) is 1. The van der Waals surface area contributed by atoms with E-state index in [1.807, 2.05) is 26.1 Å². The van der Waals surface area contributed by atoms with Crippen LogP contribution >= 0.6 is 0 Å². The number of nitrogens with two attached hydrogens (primary N) is 1. The summed E-state index contributed by atoms with van der Waals surface area (Å²) in [6.07, 6.45) is 8.01. The molecule has 0 aromatic rings. The number of rotatable bonds is 6. The van der Waals surface area contributed by atoms with E-state index >= 15 is 0 Å². The van der Waals surface area contributed by atoms with Crippen molar-refractivity contribution in [2.75, 3.05) is 26.7 Å². The Kier molecular flexibility index (Phi) is 7.23. The van der Waals surface area contributed by atoms with E-state index < -0.39 is 0 Å². The summed E-state index contributed by atoms with van der Waals surface area (Å²) in [6.45, 7) is 9.28. The second-order valence-electron chi connectivity index (χ2n) is 5.81. The molecule has 3 N–H and O–H groups in total. The van der Waals surface area contributed by atoms with E-state index in [1.54, 1.807) is 6.08 Å². The lowest BCUT2D eigenvalue weighted by molar-refractivity contribution is -0.114. The Bertz CT molecular complexity index is 437. The molecule has 0 aliphatic carbocycles. The lowest BCUT2D eigenvalue weighted by Crippen LogP contribution is -2.36. The number of carbonyl (C=O) groups is 1. The van der Waals surface area contributed by atoms with Crippen molar-refractivity contribution in [1.82, 2.24) is 10.2 Å². The molecule has 1 amide bonds. The number of hydrogen-bond donors (Lipinski definition) is 2. The maximum atomic E-state index is 11.3. The summed E-state index contributed by atoms with van der Waals surface area (Å²) >= 11 is 0. The molecule has 0 aromatic heterocycles. The van der Waals surface area contributed by atoms with Crippen LogP contribution in [0.5, 0.6) is 0 Å². The molecular weight excluding hydrogens is 262 g/mol. The molecule has 0 aromatic carbocycles. The van der Waals surface area contributed by atoms with Crippen molar-refractivity contribution in [3.05, 3.63) is 35.1 Å². The van der Waals surface area contributed by atoms with Gasteiger partial charge in [-0.3, -0.25) is 4.79 Å². The van der Waals surface area contributed by atoms with Gasteiger partial charge < -0.3 is 16.0 Å². The molecule has 0 radical (unpaired) electrons. The molecule has 21 heavy (non-hydrogen) atoms. The first-order chi connectivity index (χ1) is 9.99. The topological polar surface area (TPSA) is 58.4 Å². The third-order valence-electron chi connectivity index (χ3n) is 3.98. The number of likely N-dealkylation sites (tertiary alicyclic amines) is 1. The molecule has 0 unspecified atom stereocenters. The summed E-state index contributed by atoms with van der Waals surface area (Å²) in [5, 5.41) is 3.26. The van der Waals surface area contributed by atoms with Crippen molar-refractivity contribution >= 4 is 5.91 Å². The normalized spacial score (nSPS) is 17.3. The predicted molar refractivity (Wildman–Crippen MR) is 88.7 cm³/mol. The van der Waals surface area contributed by atoms with Crippen LogP contribution in [-0.2, 0) is 4.79 Å². The van der Waals surface area contributed by atoms with Crippen molar-refractivity contribution in [3.63, 3.8) is 0 Å². The van der Waals surface area contributed by atoms with Gasteiger partial charge in [0.2, 0.25) is 5.91 Å². The van der Waals surface area contributed by atoms with Crippen molar-refractivity contribution in [2.24, 2.45) is 11.7 Å². The van der Waals surface area contributed by atoms with Crippen LogP contribution in [0.2, 0.25) is 0 Å². The number of amides is 1. The lowest BCUT2D eigenvalue weighted by Gasteiger charge is -2.35. The van der Waals surface area contributed by atoms with Crippen LogP contribution in [0, 0.1) is 5.92 Å². The highest BCUT2D eigenvalue weighted by atomic mass is 16.1. The highest BCUT2D eigenvalue weighted by Gasteiger charge is 2.19. The van der Waals surface area contributed by atoms with E-state index in [1.165, 1.54) is 24.1 Å². The van der Waals surface area contributed by atoms with Crippen LogP contribution in [0.15, 0.2) is 35.1 Å². The van der Waals surface area contributed by atoms with Gasteiger partial charge in [-0.05, 0) is 65.3 Å². The number of hydrogen-bond acceptors (Lipinski definition) is 3. The monoisotopic (exact) mass is 291 g/mol. The van der Waals surface area contributed by atoms with Crippen LogP contribution < -0.4 is 11.1 Å². The number of nitrogens with one attached hydrogen (secondary N) is 1. The Morgan fingerprint density at radius 3 is 2.33 bits per heavy atom. The van der Waals surface area contributed by atoms with E-state index in [0.717, 1.165) is 25.6 Å². The molecule has 0 saturated carbocycles. The maximum Gasteiger partial charge on any atom is 0.248 e. The standard InChI is InChI=1S/C17H29N3O/c1-5-15(17(18)21)6-7-16(13(2)3)20-10-8-14(9-11-20)12-19-4/h5-7,14,19H,8-12H2,1-4H3,(H2,18,21)/b7-6-,15-5+. The second-order valence-corrected chi connectivity index (χ2v) is 5.81. The van der Waals surface area contributed by atoms with Crippen molar-refractivity contribution in [3.8, 4) is 0 Å². The Morgan fingerprint density at radius 1 is 1.29 bits per heavy atom. The summed E-state index contributed by atoms with van der Waals surface area (Å²) < 4.78 is 0. The van der Waals surface area contributed by atoms with Crippen molar-refractivity contribution in [1.29, 1.82) is 0 Å². The fourth-order valence-electron chi connectivity index (χ4n) is 2.74. The van der Waals surface area contributed by atoms with E-state index in [0.29, 0.717) is 5.57 Å². The minimum atomic E-state index is -0.380. The molecule has 1 aliphatic rings.